The Morgan fingerprint density at radius 1 is 1.15 bits per heavy atom. The summed E-state index contributed by atoms with van der Waals surface area (Å²) in [6.07, 6.45) is 1.35. The van der Waals surface area contributed by atoms with Crippen LogP contribution in [0.15, 0.2) is 48.5 Å². The fourth-order valence-corrected chi connectivity index (χ4v) is 5.24. The Bertz CT molecular complexity index is 1080. The van der Waals surface area contributed by atoms with E-state index in [0.29, 0.717) is 38.5 Å². The molecule has 0 saturated carbocycles. The van der Waals surface area contributed by atoms with Crippen LogP contribution in [0.2, 0.25) is 5.02 Å². The van der Waals surface area contributed by atoms with Crippen molar-refractivity contribution in [1.29, 1.82) is 0 Å². The first-order valence-electron chi connectivity index (χ1n) is 11.8. The summed E-state index contributed by atoms with van der Waals surface area (Å²) < 4.78 is 0. The number of hydrogen-bond donors (Lipinski definition) is 1. The minimum Gasteiger partial charge on any atom is -0.344 e. The van der Waals surface area contributed by atoms with Crippen molar-refractivity contribution in [3.8, 4) is 11.3 Å². The number of aryl methyl sites for hydroxylation is 1. The van der Waals surface area contributed by atoms with Gasteiger partial charge in [-0.15, -0.1) is 11.3 Å². The molecule has 7 heteroatoms. The van der Waals surface area contributed by atoms with Gasteiger partial charge in [0.25, 0.3) is 0 Å². The lowest BCUT2D eigenvalue weighted by Crippen LogP contribution is -2.34. The Kier molecular flexibility index (Phi) is 9.51. The quantitative estimate of drug-likeness (QED) is 0.363. The second-order valence-electron chi connectivity index (χ2n) is 9.09. The number of aromatic nitrogens is 1. The van der Waals surface area contributed by atoms with Crippen molar-refractivity contribution in [2.45, 2.75) is 40.2 Å². The van der Waals surface area contributed by atoms with Crippen molar-refractivity contribution in [2.24, 2.45) is 11.7 Å². The number of anilines is 1. The third-order valence-corrected chi connectivity index (χ3v) is 7.24. The molecule has 1 heterocycles. The van der Waals surface area contributed by atoms with E-state index in [0.717, 1.165) is 33.4 Å². The van der Waals surface area contributed by atoms with Crippen LogP contribution in [0.5, 0.6) is 0 Å². The Morgan fingerprint density at radius 3 is 2.53 bits per heavy atom. The number of hydrogen-bond acceptors (Lipinski definition) is 5. The lowest BCUT2D eigenvalue weighted by atomic mass is 10.0. The number of rotatable bonds is 11. The molecule has 0 fully saturated rings. The Labute approximate surface area is 212 Å². The molecule has 3 rings (SSSR count). The van der Waals surface area contributed by atoms with Crippen LogP contribution in [-0.4, -0.2) is 42.5 Å². The van der Waals surface area contributed by atoms with E-state index in [1.165, 1.54) is 10.4 Å². The molecule has 182 valence electrons. The lowest BCUT2D eigenvalue weighted by Gasteiger charge is -2.23. The van der Waals surface area contributed by atoms with E-state index in [1.54, 1.807) is 23.3 Å². The highest BCUT2D eigenvalue weighted by molar-refractivity contribution is 7.16. The van der Waals surface area contributed by atoms with Gasteiger partial charge in [0.2, 0.25) is 5.91 Å². The van der Waals surface area contributed by atoms with Gasteiger partial charge in [0.1, 0.15) is 0 Å². The van der Waals surface area contributed by atoms with Crippen molar-refractivity contribution in [1.82, 2.24) is 9.88 Å². The first kappa shape index (κ1) is 26.2. The van der Waals surface area contributed by atoms with Crippen molar-refractivity contribution in [3.63, 3.8) is 0 Å². The van der Waals surface area contributed by atoms with Gasteiger partial charge in [-0.1, -0.05) is 67.9 Å². The zero-order chi connectivity index (χ0) is 24.7. The molecule has 1 aromatic heterocycles. The molecule has 0 aliphatic carbocycles. The summed E-state index contributed by atoms with van der Waals surface area (Å²) in [7, 11) is 1.81. The maximum atomic E-state index is 12.6. The summed E-state index contributed by atoms with van der Waals surface area (Å²) in [5, 5.41) is 1.68. The van der Waals surface area contributed by atoms with Gasteiger partial charge < -0.3 is 15.5 Å². The zero-order valence-electron chi connectivity index (χ0n) is 20.6. The highest BCUT2D eigenvalue weighted by Gasteiger charge is 2.20. The van der Waals surface area contributed by atoms with Gasteiger partial charge in [-0.3, -0.25) is 4.79 Å². The maximum Gasteiger partial charge on any atom is 0.224 e. The van der Waals surface area contributed by atoms with Crippen molar-refractivity contribution in [3.05, 3.63) is 69.6 Å². The van der Waals surface area contributed by atoms with E-state index in [1.807, 2.05) is 37.3 Å². The lowest BCUT2D eigenvalue weighted by molar-refractivity contribution is -0.129. The SMILES string of the molecule is Cc1ccc(-c2nc(N(CCC(=O)N(C)CCN)Cc3ccccc3)sc2CC(C)C)cc1Cl. The number of carbonyl (C=O) groups excluding carboxylic acids is 1. The molecule has 1 amide bonds. The number of amides is 1. The van der Waals surface area contributed by atoms with E-state index in [2.05, 4.69) is 36.9 Å². The molecule has 2 aromatic carbocycles. The number of nitrogens with two attached hydrogens (primary N) is 1. The van der Waals surface area contributed by atoms with Crippen LogP contribution in [0.3, 0.4) is 0 Å². The smallest absolute Gasteiger partial charge is 0.224 e. The molecule has 34 heavy (non-hydrogen) atoms. The molecule has 0 saturated heterocycles. The minimum absolute atomic E-state index is 0.0908. The van der Waals surface area contributed by atoms with Crippen LogP contribution < -0.4 is 10.6 Å². The summed E-state index contributed by atoms with van der Waals surface area (Å²) >= 11 is 8.17. The minimum atomic E-state index is 0.0908. The van der Waals surface area contributed by atoms with E-state index >= 15 is 0 Å². The zero-order valence-corrected chi connectivity index (χ0v) is 22.1. The number of likely N-dealkylation sites (N-methyl/N-ethyl adjacent to an activating group) is 1. The van der Waals surface area contributed by atoms with Gasteiger partial charge >= 0.3 is 0 Å². The number of halogens is 1. The Balaban J connectivity index is 1.95. The summed E-state index contributed by atoms with van der Waals surface area (Å²) in [5.41, 5.74) is 9.89. The topological polar surface area (TPSA) is 62.5 Å². The van der Waals surface area contributed by atoms with Crippen molar-refractivity contribution >= 4 is 34.0 Å². The largest absolute Gasteiger partial charge is 0.344 e. The third kappa shape index (κ3) is 7.05. The first-order valence-corrected chi connectivity index (χ1v) is 13.0. The van der Waals surface area contributed by atoms with Crippen molar-refractivity contribution < 1.29 is 4.79 Å². The molecule has 0 radical (unpaired) electrons. The number of nitrogens with zero attached hydrogens (tertiary/aromatic N) is 3. The monoisotopic (exact) mass is 498 g/mol. The number of carbonyl (C=O) groups is 1. The Morgan fingerprint density at radius 2 is 1.88 bits per heavy atom. The van der Waals surface area contributed by atoms with Gasteiger partial charge in [-0.05, 0) is 36.5 Å². The number of benzene rings is 2. The highest BCUT2D eigenvalue weighted by Crippen LogP contribution is 2.36. The van der Waals surface area contributed by atoms with Gasteiger partial charge in [-0.2, -0.15) is 0 Å². The molecular formula is C27H35ClN4OS. The van der Waals surface area contributed by atoms with Crippen LogP contribution >= 0.6 is 22.9 Å². The molecule has 0 aliphatic rings. The van der Waals surface area contributed by atoms with E-state index < -0.39 is 0 Å². The second-order valence-corrected chi connectivity index (χ2v) is 10.6. The molecule has 0 spiro atoms. The maximum absolute atomic E-state index is 12.6. The van der Waals surface area contributed by atoms with Crippen LogP contribution in [0.1, 0.15) is 36.3 Å². The average Bonchev–Trinajstić information content (AvgIpc) is 3.22. The van der Waals surface area contributed by atoms with E-state index in [4.69, 9.17) is 22.3 Å². The average molecular weight is 499 g/mol. The predicted octanol–water partition coefficient (Wildman–Crippen LogP) is 5.78. The highest BCUT2D eigenvalue weighted by atomic mass is 35.5. The summed E-state index contributed by atoms with van der Waals surface area (Å²) in [6.45, 7) is 8.75. The van der Waals surface area contributed by atoms with Crippen LogP contribution in [0.4, 0.5) is 5.13 Å². The second kappa shape index (κ2) is 12.3. The third-order valence-electron chi connectivity index (χ3n) is 5.70. The van der Waals surface area contributed by atoms with Gasteiger partial charge in [0.15, 0.2) is 5.13 Å². The van der Waals surface area contributed by atoms with Gasteiger partial charge in [0, 0.05) is 55.1 Å². The van der Waals surface area contributed by atoms with Gasteiger partial charge in [-0.25, -0.2) is 4.98 Å². The summed E-state index contributed by atoms with van der Waals surface area (Å²) in [6, 6.07) is 16.5. The fourth-order valence-electron chi connectivity index (χ4n) is 3.74. The predicted molar refractivity (Wildman–Crippen MR) is 145 cm³/mol. The van der Waals surface area contributed by atoms with Crippen LogP contribution in [0, 0.1) is 12.8 Å². The normalized spacial score (nSPS) is 11.1. The summed E-state index contributed by atoms with van der Waals surface area (Å²) in [5.74, 6) is 0.593. The van der Waals surface area contributed by atoms with E-state index in [-0.39, 0.29) is 5.91 Å². The molecule has 3 aromatic rings. The summed E-state index contributed by atoms with van der Waals surface area (Å²) in [4.78, 5) is 22.9. The molecule has 0 unspecified atom stereocenters. The van der Waals surface area contributed by atoms with Crippen molar-refractivity contribution in [2.75, 3.05) is 31.6 Å². The standard InChI is InChI=1S/C27H35ClN4OS/c1-19(2)16-24-26(22-11-10-20(3)23(28)17-22)30-27(34-24)32(18-21-8-6-5-7-9-21)14-12-25(33)31(4)15-13-29/h5-11,17,19H,12-16,18,29H2,1-4H3. The van der Waals surface area contributed by atoms with Gasteiger partial charge in [0.05, 0.1) is 5.69 Å². The molecule has 0 aliphatic heterocycles. The molecule has 0 atom stereocenters. The molecular weight excluding hydrogens is 464 g/mol. The Hall–Kier alpha value is -2.41. The molecule has 0 bridgehead atoms. The van der Waals surface area contributed by atoms with Crippen LogP contribution in [-0.2, 0) is 17.8 Å². The van der Waals surface area contributed by atoms with Crippen LogP contribution in [0.25, 0.3) is 11.3 Å². The van der Waals surface area contributed by atoms with E-state index in [9.17, 15) is 4.79 Å². The molecule has 5 nitrogen and oxygen atoms in total. The number of thiazole rings is 1. The molecule has 2 N–H and O–H groups in total. The fraction of sp³-hybridized carbons (Fsp3) is 0.407. The first-order chi connectivity index (χ1) is 16.3.